The smallest absolute Gasteiger partial charge is 0.396 e. The van der Waals surface area contributed by atoms with Crippen molar-refractivity contribution in [1.29, 1.82) is 0 Å². The van der Waals surface area contributed by atoms with Gasteiger partial charge in [0.1, 0.15) is 0 Å². The second kappa shape index (κ2) is 11.5. The number of hydrogen-bond donors (Lipinski definition) is 0. The molecule has 0 aliphatic rings. The molecular weight excluding hydrogens is 276 g/mol. The second-order valence-corrected chi connectivity index (χ2v) is 10.9. The van der Waals surface area contributed by atoms with E-state index in [9.17, 15) is 0 Å². The van der Waals surface area contributed by atoms with E-state index in [1.165, 1.54) is 0 Å². The first-order valence-corrected chi connectivity index (χ1v) is 10.1. The maximum atomic E-state index is 5.66. The standard InChI is InChI=1S/C6H20O6Si3.2CH4/c1-7-13(8-2)11-15(5,6)12-14(9-3)10-4;;/h13-14H,1-6H3;2*1H4. The average Bonchev–Trinajstić information content (AvgIpc) is 2.22. The molecule has 0 unspecified atom stereocenters. The molecular formula is C8H28O6Si3. The Hall–Kier alpha value is 0.411. The van der Waals surface area contributed by atoms with Crippen molar-refractivity contribution in [3.63, 3.8) is 0 Å². The molecule has 0 saturated heterocycles. The van der Waals surface area contributed by atoms with Crippen LogP contribution < -0.4 is 0 Å². The summed E-state index contributed by atoms with van der Waals surface area (Å²) in [6.07, 6.45) is 0. The van der Waals surface area contributed by atoms with E-state index in [4.69, 9.17) is 25.9 Å². The van der Waals surface area contributed by atoms with Crippen molar-refractivity contribution >= 4 is 27.6 Å². The van der Waals surface area contributed by atoms with Crippen LogP contribution in [0.4, 0.5) is 0 Å². The van der Waals surface area contributed by atoms with Crippen LogP contribution in [0.5, 0.6) is 0 Å². The van der Waals surface area contributed by atoms with E-state index in [0.29, 0.717) is 0 Å². The summed E-state index contributed by atoms with van der Waals surface area (Å²) in [5, 5.41) is 0. The van der Waals surface area contributed by atoms with Gasteiger partial charge in [0.05, 0.1) is 0 Å². The molecule has 9 heteroatoms. The predicted molar refractivity (Wildman–Crippen MR) is 75.4 cm³/mol. The lowest BCUT2D eigenvalue weighted by molar-refractivity contribution is 0.156. The molecule has 0 heterocycles. The predicted octanol–water partition coefficient (Wildman–Crippen LogP) is 1.01. The van der Waals surface area contributed by atoms with E-state index in [1.807, 2.05) is 13.1 Å². The molecule has 17 heavy (non-hydrogen) atoms. The molecule has 0 amide bonds. The molecule has 0 aromatic heterocycles. The van der Waals surface area contributed by atoms with Crippen molar-refractivity contribution < 1.29 is 25.9 Å². The molecule has 0 fully saturated rings. The summed E-state index contributed by atoms with van der Waals surface area (Å²) in [6.45, 7) is 3.81. The Labute approximate surface area is 110 Å². The first kappa shape index (κ1) is 22.6. The van der Waals surface area contributed by atoms with Gasteiger partial charge in [-0.2, -0.15) is 0 Å². The van der Waals surface area contributed by atoms with Crippen LogP contribution in [0.25, 0.3) is 0 Å². The summed E-state index contributed by atoms with van der Waals surface area (Å²) < 4.78 is 31.6. The van der Waals surface area contributed by atoms with Crippen molar-refractivity contribution in [1.82, 2.24) is 0 Å². The van der Waals surface area contributed by atoms with Crippen LogP contribution >= 0.6 is 0 Å². The van der Waals surface area contributed by atoms with Gasteiger partial charge < -0.3 is 25.9 Å². The molecule has 0 saturated carbocycles. The summed E-state index contributed by atoms with van der Waals surface area (Å²) in [5.74, 6) is 0. The molecule has 0 spiro atoms. The van der Waals surface area contributed by atoms with Gasteiger partial charge in [-0.25, -0.2) is 0 Å². The zero-order chi connectivity index (χ0) is 11.9. The van der Waals surface area contributed by atoms with Crippen molar-refractivity contribution in [3.8, 4) is 0 Å². The minimum absolute atomic E-state index is 0. The van der Waals surface area contributed by atoms with E-state index in [1.54, 1.807) is 28.4 Å². The topological polar surface area (TPSA) is 55.4 Å². The molecule has 108 valence electrons. The molecule has 0 aromatic carbocycles. The molecule has 0 aromatic rings. The fraction of sp³-hybridized carbons (Fsp3) is 1.00. The Balaban J connectivity index is -0.000000980. The second-order valence-electron chi connectivity index (χ2n) is 3.16. The first-order chi connectivity index (χ1) is 6.99. The Bertz CT molecular complexity index is 147. The number of hydrogen-bond acceptors (Lipinski definition) is 6. The third-order valence-electron chi connectivity index (χ3n) is 1.53. The lowest BCUT2D eigenvalue weighted by Gasteiger charge is -2.28. The number of rotatable bonds is 8. The van der Waals surface area contributed by atoms with Crippen LogP contribution in [-0.2, 0) is 25.9 Å². The van der Waals surface area contributed by atoms with Crippen LogP contribution in [0.3, 0.4) is 0 Å². The highest BCUT2D eigenvalue weighted by atomic mass is 28.5. The highest BCUT2D eigenvalue weighted by Crippen LogP contribution is 2.11. The molecule has 0 aliphatic carbocycles. The van der Waals surface area contributed by atoms with Crippen LogP contribution in [0.15, 0.2) is 0 Å². The van der Waals surface area contributed by atoms with E-state index >= 15 is 0 Å². The molecule has 0 bridgehead atoms. The monoisotopic (exact) mass is 304 g/mol. The van der Waals surface area contributed by atoms with E-state index < -0.39 is 27.6 Å². The van der Waals surface area contributed by atoms with Crippen LogP contribution in [-0.4, -0.2) is 56.1 Å². The van der Waals surface area contributed by atoms with Crippen molar-refractivity contribution in [2.24, 2.45) is 0 Å². The third-order valence-corrected chi connectivity index (χ3v) is 9.15. The summed E-state index contributed by atoms with van der Waals surface area (Å²) in [6, 6.07) is 0. The van der Waals surface area contributed by atoms with Crippen molar-refractivity contribution in [2.45, 2.75) is 27.9 Å². The maximum absolute atomic E-state index is 5.66. The zero-order valence-corrected chi connectivity index (χ0v) is 13.4. The SMILES string of the molecule is C.C.CO[SiH](OC)O[Si](C)(C)O[SiH](OC)OC. The third kappa shape index (κ3) is 10.1. The molecule has 0 N–H and O–H groups in total. The van der Waals surface area contributed by atoms with Gasteiger partial charge in [-0.3, -0.25) is 0 Å². The van der Waals surface area contributed by atoms with Gasteiger partial charge in [0, 0.05) is 28.4 Å². The van der Waals surface area contributed by atoms with Gasteiger partial charge in [0.15, 0.2) is 0 Å². The zero-order valence-electron chi connectivity index (χ0n) is 10.1. The summed E-state index contributed by atoms with van der Waals surface area (Å²) in [7, 11) is -0.143. The highest BCUT2D eigenvalue weighted by molar-refractivity contribution is 6.75. The van der Waals surface area contributed by atoms with Crippen LogP contribution in [0.2, 0.25) is 13.1 Å². The first-order valence-electron chi connectivity index (χ1n) is 4.46. The van der Waals surface area contributed by atoms with Gasteiger partial charge in [-0.15, -0.1) is 0 Å². The largest absolute Gasteiger partial charge is 0.474 e. The van der Waals surface area contributed by atoms with E-state index in [-0.39, 0.29) is 14.9 Å². The van der Waals surface area contributed by atoms with E-state index in [2.05, 4.69) is 0 Å². The molecule has 6 nitrogen and oxygen atoms in total. The molecule has 0 rings (SSSR count). The van der Waals surface area contributed by atoms with Crippen molar-refractivity contribution in [3.05, 3.63) is 0 Å². The normalized spacial score (nSPS) is 11.3. The Morgan fingerprint density at radius 2 is 0.882 bits per heavy atom. The van der Waals surface area contributed by atoms with Gasteiger partial charge in [-0.05, 0) is 13.1 Å². The average molecular weight is 305 g/mol. The van der Waals surface area contributed by atoms with Gasteiger partial charge in [0.25, 0.3) is 0 Å². The minimum Gasteiger partial charge on any atom is -0.396 e. The lowest BCUT2D eigenvalue weighted by atomic mass is 11.8. The lowest BCUT2D eigenvalue weighted by Crippen LogP contribution is -2.47. The fourth-order valence-corrected chi connectivity index (χ4v) is 7.23. The quantitative estimate of drug-likeness (QED) is 0.624. The summed E-state index contributed by atoms with van der Waals surface area (Å²) in [4.78, 5) is 0. The Kier molecular flexibility index (Phi) is 15.3. The van der Waals surface area contributed by atoms with Crippen molar-refractivity contribution in [2.75, 3.05) is 28.4 Å². The van der Waals surface area contributed by atoms with Gasteiger partial charge >= 0.3 is 27.6 Å². The Morgan fingerprint density at radius 3 is 1.06 bits per heavy atom. The summed E-state index contributed by atoms with van der Waals surface area (Å²) in [5.41, 5.74) is 0. The summed E-state index contributed by atoms with van der Waals surface area (Å²) >= 11 is 0. The Morgan fingerprint density at radius 1 is 0.647 bits per heavy atom. The molecule has 0 aliphatic heterocycles. The minimum atomic E-state index is -2.29. The van der Waals surface area contributed by atoms with Crippen LogP contribution in [0, 0.1) is 0 Å². The van der Waals surface area contributed by atoms with E-state index in [0.717, 1.165) is 0 Å². The fourth-order valence-electron chi connectivity index (χ4n) is 0.876. The van der Waals surface area contributed by atoms with Gasteiger partial charge in [0.2, 0.25) is 0 Å². The van der Waals surface area contributed by atoms with Crippen LogP contribution in [0.1, 0.15) is 14.9 Å². The highest BCUT2D eigenvalue weighted by Gasteiger charge is 2.34. The molecule has 0 radical (unpaired) electrons. The maximum Gasteiger partial charge on any atom is 0.474 e. The molecule has 0 atom stereocenters. The van der Waals surface area contributed by atoms with Gasteiger partial charge in [-0.1, -0.05) is 14.9 Å².